The van der Waals surface area contributed by atoms with Crippen molar-refractivity contribution in [2.75, 3.05) is 6.54 Å². The number of nitrogens with zero attached hydrogens (tertiary/aromatic N) is 4. The molecule has 0 saturated carbocycles. The van der Waals surface area contributed by atoms with Gasteiger partial charge in [0.2, 0.25) is 5.91 Å². The first-order chi connectivity index (χ1) is 15.3. The maximum atomic E-state index is 12.9. The van der Waals surface area contributed by atoms with Gasteiger partial charge in [0.1, 0.15) is 11.7 Å². The van der Waals surface area contributed by atoms with Crippen LogP contribution in [0.2, 0.25) is 0 Å². The minimum atomic E-state index is -4.45. The van der Waals surface area contributed by atoms with Gasteiger partial charge in [0, 0.05) is 11.4 Å². The number of alkyl halides is 3. The quantitative estimate of drug-likeness (QED) is 0.459. The molecule has 11 heteroatoms. The molecule has 0 radical (unpaired) electrons. The van der Waals surface area contributed by atoms with Gasteiger partial charge in [-0.15, -0.1) is 11.3 Å². The summed E-state index contributed by atoms with van der Waals surface area (Å²) in [5.74, 6) is -0.111. The number of thiophene rings is 1. The Hall–Kier alpha value is -3.47. The Morgan fingerprint density at radius 1 is 1.19 bits per heavy atom. The Morgan fingerprint density at radius 2 is 2.03 bits per heavy atom. The lowest BCUT2D eigenvalue weighted by Gasteiger charge is -2.10. The van der Waals surface area contributed by atoms with Crippen molar-refractivity contribution >= 4 is 28.3 Å². The Bertz CT molecular complexity index is 1300. The molecule has 4 rings (SSSR count). The molecule has 3 aromatic heterocycles. The van der Waals surface area contributed by atoms with E-state index in [1.165, 1.54) is 45.2 Å². The van der Waals surface area contributed by atoms with E-state index < -0.39 is 17.3 Å². The van der Waals surface area contributed by atoms with Crippen molar-refractivity contribution in [1.82, 2.24) is 24.6 Å². The van der Waals surface area contributed by atoms with Crippen molar-refractivity contribution in [2.24, 2.45) is 0 Å². The zero-order valence-corrected chi connectivity index (χ0v) is 17.5. The molecule has 3 heterocycles. The largest absolute Gasteiger partial charge is 0.416 e. The van der Waals surface area contributed by atoms with E-state index in [1.807, 2.05) is 17.5 Å². The molecule has 0 atom stereocenters. The highest BCUT2D eigenvalue weighted by Gasteiger charge is 2.30. The molecule has 1 aromatic carbocycles. The average Bonchev–Trinajstić information content (AvgIpc) is 3.40. The van der Waals surface area contributed by atoms with Gasteiger partial charge >= 0.3 is 6.18 Å². The molecule has 0 spiro atoms. The first-order valence-corrected chi connectivity index (χ1v) is 10.6. The zero-order valence-electron chi connectivity index (χ0n) is 16.7. The highest BCUT2D eigenvalue weighted by molar-refractivity contribution is 7.10. The summed E-state index contributed by atoms with van der Waals surface area (Å²) in [4.78, 5) is 30.0. The summed E-state index contributed by atoms with van der Waals surface area (Å²) >= 11 is 1.51. The molecule has 4 aromatic rings. The maximum absolute atomic E-state index is 12.9. The highest BCUT2D eigenvalue weighted by atomic mass is 32.1. The summed E-state index contributed by atoms with van der Waals surface area (Å²) in [5.41, 5.74) is -0.488. The molecular formula is C21H18F3N5O2S. The van der Waals surface area contributed by atoms with Crippen LogP contribution < -0.4 is 10.9 Å². The number of rotatable bonds is 7. The Balaban J connectivity index is 1.44. The Kier molecular flexibility index (Phi) is 6.08. The van der Waals surface area contributed by atoms with Crippen molar-refractivity contribution in [1.29, 1.82) is 0 Å². The van der Waals surface area contributed by atoms with Crippen LogP contribution in [0.5, 0.6) is 0 Å². The smallest absolute Gasteiger partial charge is 0.354 e. The first kappa shape index (κ1) is 21.8. The number of hydrogen-bond donors (Lipinski definition) is 1. The second-order valence-corrected chi connectivity index (χ2v) is 8.12. The number of carbonyl (C=O) groups is 1. The molecule has 32 heavy (non-hydrogen) atoms. The summed E-state index contributed by atoms with van der Waals surface area (Å²) in [6, 6.07) is 8.60. The molecule has 166 valence electrons. The van der Waals surface area contributed by atoms with E-state index in [1.54, 1.807) is 0 Å². The number of halogens is 3. The van der Waals surface area contributed by atoms with Gasteiger partial charge in [-0.1, -0.05) is 18.2 Å². The second-order valence-electron chi connectivity index (χ2n) is 7.09. The van der Waals surface area contributed by atoms with Crippen molar-refractivity contribution in [3.63, 3.8) is 0 Å². The predicted octanol–water partition coefficient (Wildman–Crippen LogP) is 3.08. The van der Waals surface area contributed by atoms with E-state index in [-0.39, 0.29) is 17.8 Å². The van der Waals surface area contributed by atoms with Crippen molar-refractivity contribution < 1.29 is 18.0 Å². The predicted molar refractivity (Wildman–Crippen MR) is 113 cm³/mol. The molecular weight excluding hydrogens is 443 g/mol. The number of benzene rings is 1. The number of nitrogens with one attached hydrogen (secondary N) is 1. The van der Waals surface area contributed by atoms with Gasteiger partial charge in [0.15, 0.2) is 5.65 Å². The normalized spacial score (nSPS) is 11.7. The number of hydrogen-bond acceptors (Lipinski definition) is 5. The number of carbonyl (C=O) groups excluding carboxylic acids is 1. The van der Waals surface area contributed by atoms with Gasteiger partial charge in [-0.3, -0.25) is 14.2 Å². The maximum Gasteiger partial charge on any atom is 0.416 e. The second kappa shape index (κ2) is 8.95. The number of amides is 1. The monoisotopic (exact) mass is 461 g/mol. The van der Waals surface area contributed by atoms with Crippen LogP contribution >= 0.6 is 11.3 Å². The average molecular weight is 461 g/mol. The molecule has 0 aliphatic carbocycles. The fraction of sp³-hybridized carbons (Fsp3) is 0.238. The fourth-order valence-electron chi connectivity index (χ4n) is 3.25. The summed E-state index contributed by atoms with van der Waals surface area (Å²) in [6.07, 6.45) is -1.49. The standard InChI is InChI=1S/C21H18F3N5O2S/c22-21(23,24)15-4-1-3-14(9-15)12-28-13-26-19-17(20(28)31)11-27-29(19)7-6-25-18(30)10-16-5-2-8-32-16/h1-5,8-9,11,13H,6-7,10,12H2,(H,25,30). The van der Waals surface area contributed by atoms with Gasteiger partial charge in [-0.25, -0.2) is 9.67 Å². The van der Waals surface area contributed by atoms with Gasteiger partial charge in [0.25, 0.3) is 5.56 Å². The molecule has 1 amide bonds. The van der Waals surface area contributed by atoms with Crippen molar-refractivity contribution in [3.8, 4) is 0 Å². The van der Waals surface area contributed by atoms with E-state index in [0.717, 1.165) is 17.0 Å². The molecule has 0 aliphatic heterocycles. The molecule has 1 N–H and O–H groups in total. The van der Waals surface area contributed by atoms with Crippen LogP contribution in [0.15, 0.2) is 59.1 Å². The fourth-order valence-corrected chi connectivity index (χ4v) is 3.96. The van der Waals surface area contributed by atoms with Gasteiger partial charge in [-0.05, 0) is 29.1 Å². The lowest BCUT2D eigenvalue weighted by atomic mass is 10.1. The van der Waals surface area contributed by atoms with Gasteiger partial charge in [0.05, 0.1) is 31.3 Å². The van der Waals surface area contributed by atoms with Crippen LogP contribution in [-0.2, 0) is 30.5 Å². The van der Waals surface area contributed by atoms with Crippen molar-refractivity contribution in [3.05, 3.63) is 80.7 Å². The van der Waals surface area contributed by atoms with Crippen LogP contribution in [0.25, 0.3) is 11.0 Å². The van der Waals surface area contributed by atoms with Crippen LogP contribution in [0.1, 0.15) is 16.0 Å². The minimum absolute atomic E-state index is 0.0460. The van der Waals surface area contributed by atoms with E-state index in [4.69, 9.17) is 0 Å². The number of aromatic nitrogens is 4. The first-order valence-electron chi connectivity index (χ1n) is 9.67. The third-order valence-corrected chi connectivity index (χ3v) is 5.67. The summed E-state index contributed by atoms with van der Waals surface area (Å²) in [7, 11) is 0. The Labute approximate surface area is 184 Å². The van der Waals surface area contributed by atoms with Gasteiger partial charge in [-0.2, -0.15) is 18.3 Å². The molecule has 0 saturated heterocycles. The summed E-state index contributed by atoms with van der Waals surface area (Å²) in [6.45, 7) is 0.593. The number of fused-ring (bicyclic) bond motifs is 1. The zero-order chi connectivity index (χ0) is 22.7. The van der Waals surface area contributed by atoms with Crippen LogP contribution in [-0.4, -0.2) is 31.8 Å². The lowest BCUT2D eigenvalue weighted by molar-refractivity contribution is -0.137. The van der Waals surface area contributed by atoms with Crippen LogP contribution in [0, 0.1) is 0 Å². The molecule has 0 bridgehead atoms. The third-order valence-electron chi connectivity index (χ3n) is 4.79. The summed E-state index contributed by atoms with van der Waals surface area (Å²) in [5, 5.41) is 9.13. The van der Waals surface area contributed by atoms with E-state index in [9.17, 15) is 22.8 Å². The minimum Gasteiger partial charge on any atom is -0.354 e. The van der Waals surface area contributed by atoms with E-state index in [0.29, 0.717) is 30.7 Å². The molecule has 0 fully saturated rings. The molecule has 0 unspecified atom stereocenters. The van der Waals surface area contributed by atoms with E-state index in [2.05, 4.69) is 15.4 Å². The van der Waals surface area contributed by atoms with Crippen LogP contribution in [0.3, 0.4) is 0 Å². The topological polar surface area (TPSA) is 81.8 Å². The third kappa shape index (κ3) is 4.88. The molecule has 0 aliphatic rings. The lowest BCUT2D eigenvalue weighted by Crippen LogP contribution is -2.28. The Morgan fingerprint density at radius 3 is 2.78 bits per heavy atom. The van der Waals surface area contributed by atoms with Crippen LogP contribution in [0.4, 0.5) is 13.2 Å². The molecule has 7 nitrogen and oxygen atoms in total. The van der Waals surface area contributed by atoms with E-state index >= 15 is 0 Å². The summed E-state index contributed by atoms with van der Waals surface area (Å²) < 4.78 is 41.5. The van der Waals surface area contributed by atoms with Crippen molar-refractivity contribution in [2.45, 2.75) is 25.7 Å². The highest BCUT2D eigenvalue weighted by Crippen LogP contribution is 2.29. The van der Waals surface area contributed by atoms with Gasteiger partial charge < -0.3 is 5.32 Å². The SMILES string of the molecule is O=C(Cc1cccs1)NCCn1ncc2c(=O)n(Cc3cccc(C(F)(F)F)c3)cnc21.